The lowest BCUT2D eigenvalue weighted by molar-refractivity contribution is -0.0499. The van der Waals surface area contributed by atoms with E-state index in [2.05, 4.69) is 44.5 Å². The van der Waals surface area contributed by atoms with Crippen LogP contribution in [-0.2, 0) is 14.9 Å². The van der Waals surface area contributed by atoms with E-state index in [0.717, 1.165) is 16.5 Å². The minimum Gasteiger partial charge on any atom is -0.449 e. The van der Waals surface area contributed by atoms with Crippen molar-refractivity contribution in [2.75, 3.05) is 5.32 Å². The molecule has 55 heavy (non-hydrogen) atoms. The molecule has 8 rings (SSSR count). The molecule has 0 unspecified atom stereocenters. The molecule has 16 nitrogen and oxygen atoms in total. The Labute approximate surface area is 308 Å². The number of carbonyl (C=O) groups excluding carboxylic acids is 1. The number of ether oxygens (including phenoxy) is 1. The number of fused-ring (bicyclic) bond motifs is 3. The zero-order valence-electron chi connectivity index (χ0n) is 28.7. The van der Waals surface area contributed by atoms with Crippen LogP contribution in [0.1, 0.15) is 20.8 Å². The smallest absolute Gasteiger partial charge is 0.449 e. The van der Waals surface area contributed by atoms with E-state index in [0.29, 0.717) is 28.4 Å². The highest BCUT2D eigenvalue weighted by Crippen LogP contribution is 2.41. The Morgan fingerprint density at radius 2 is 1.36 bits per heavy atom. The number of hydrogen-bond donors (Lipinski definition) is 1. The molecule has 0 saturated carbocycles. The molecule has 0 aliphatic rings. The second-order valence-electron chi connectivity index (χ2n) is 12.4. The molecule has 280 valence electrons. The molecule has 0 radical (unpaired) electrons. The second kappa shape index (κ2) is 14.1. The third-order valence-corrected chi connectivity index (χ3v) is 8.31. The number of pyridine rings is 2. The van der Waals surface area contributed by atoms with Crippen molar-refractivity contribution in [1.82, 2.24) is 39.7 Å². The van der Waals surface area contributed by atoms with Crippen molar-refractivity contribution in [1.29, 1.82) is 0 Å². The summed E-state index contributed by atoms with van der Waals surface area (Å²) in [6, 6.07) is 12.0. The number of hydrogen-bond acceptors (Lipinski definition) is 15. The Kier molecular flexibility index (Phi) is 9.34. The van der Waals surface area contributed by atoms with Gasteiger partial charge >= 0.3 is 21.7 Å². The first-order valence-electron chi connectivity index (χ1n) is 16.0. The van der Waals surface area contributed by atoms with Gasteiger partial charge in [0.05, 0.1) is 35.2 Å². The van der Waals surface area contributed by atoms with Crippen LogP contribution in [0, 0.1) is 0 Å². The van der Waals surface area contributed by atoms with Gasteiger partial charge in [-0.1, -0.05) is 0 Å². The van der Waals surface area contributed by atoms with Crippen molar-refractivity contribution in [3.8, 4) is 28.9 Å². The molecule has 0 bridgehead atoms. The summed E-state index contributed by atoms with van der Waals surface area (Å²) in [6.07, 6.45) is 12.8. The highest BCUT2D eigenvalue weighted by molar-refractivity contribution is 7.88. The van der Waals surface area contributed by atoms with Gasteiger partial charge in [-0.3, -0.25) is 9.97 Å². The van der Waals surface area contributed by atoms with E-state index >= 15 is 0 Å². The van der Waals surface area contributed by atoms with Crippen LogP contribution in [0.25, 0.3) is 56.0 Å². The van der Waals surface area contributed by atoms with Gasteiger partial charge in [0, 0.05) is 53.6 Å². The topological polar surface area (TPSA) is 203 Å². The Balaban J connectivity index is 0.000000179. The number of anilines is 2. The molecule has 0 spiro atoms. The predicted molar refractivity (Wildman–Crippen MR) is 190 cm³/mol. The predicted octanol–water partition coefficient (Wildman–Crippen LogP) is 7.67. The standard InChI is InChI=1S/C23H20N6O3.C12H6F3N3O4S/c1-23(2,3)32-22(30)29-17-11-15(6-5-14(17)12-27-29)28-19-16-7-10-24-13-18(16)31-20(19)21-25-8-4-9-26-21;13-12(14,15)23(19,20)22-9-7-2-5-16-6-8(7)21-10(9)11-17-3-1-4-18-11/h4-13,28H,1-3H3;1-6H. The van der Waals surface area contributed by atoms with Crippen LogP contribution in [0.3, 0.4) is 0 Å². The van der Waals surface area contributed by atoms with E-state index in [1.165, 1.54) is 41.6 Å². The average molecular weight is 774 g/mol. The van der Waals surface area contributed by atoms with E-state index in [1.807, 2.05) is 45.0 Å². The Morgan fingerprint density at radius 1 is 0.782 bits per heavy atom. The fourth-order valence-corrected chi connectivity index (χ4v) is 5.55. The number of benzene rings is 1. The van der Waals surface area contributed by atoms with Gasteiger partial charge in [0.1, 0.15) is 5.60 Å². The molecule has 0 aliphatic carbocycles. The fraction of sp³-hybridized carbons (Fsp3) is 0.143. The molecule has 1 N–H and O–H groups in total. The van der Waals surface area contributed by atoms with Crippen LogP contribution >= 0.6 is 0 Å². The number of aromatic nitrogens is 8. The molecule has 8 aromatic rings. The van der Waals surface area contributed by atoms with Crippen LogP contribution in [0.5, 0.6) is 5.75 Å². The number of furan rings is 2. The molecule has 0 aliphatic heterocycles. The molecule has 0 fully saturated rings. The minimum atomic E-state index is -5.88. The van der Waals surface area contributed by atoms with Crippen molar-refractivity contribution in [3.63, 3.8) is 0 Å². The first kappa shape index (κ1) is 36.4. The van der Waals surface area contributed by atoms with Gasteiger partial charge in [0.2, 0.25) is 5.76 Å². The first-order chi connectivity index (χ1) is 26.2. The lowest BCUT2D eigenvalue weighted by Gasteiger charge is -2.19. The van der Waals surface area contributed by atoms with Crippen molar-refractivity contribution in [2.45, 2.75) is 31.9 Å². The maximum absolute atomic E-state index is 12.6. The molecular weight excluding hydrogens is 748 g/mol. The second-order valence-corrected chi connectivity index (χ2v) is 13.9. The molecule has 20 heteroatoms. The van der Waals surface area contributed by atoms with Crippen molar-refractivity contribution < 1.29 is 44.1 Å². The summed E-state index contributed by atoms with van der Waals surface area (Å²) in [6.45, 7) is 5.45. The molecule has 7 aromatic heterocycles. The maximum Gasteiger partial charge on any atom is 0.534 e. The molecular formula is C35H26F3N9O7S. The summed E-state index contributed by atoms with van der Waals surface area (Å²) in [5.41, 5.74) is -3.51. The van der Waals surface area contributed by atoms with Crippen LogP contribution < -0.4 is 9.50 Å². The van der Waals surface area contributed by atoms with E-state index in [4.69, 9.17) is 13.6 Å². The van der Waals surface area contributed by atoms with Crippen molar-refractivity contribution >= 4 is 60.4 Å². The van der Waals surface area contributed by atoms with Gasteiger partial charge in [-0.15, -0.1) is 0 Å². The van der Waals surface area contributed by atoms with Crippen LogP contribution in [0.15, 0.2) is 107 Å². The summed E-state index contributed by atoms with van der Waals surface area (Å²) < 4.78 is 82.6. The number of nitrogens with one attached hydrogen (secondary N) is 1. The summed E-state index contributed by atoms with van der Waals surface area (Å²) in [7, 11) is -5.88. The van der Waals surface area contributed by atoms with Gasteiger partial charge in [-0.2, -0.15) is 31.4 Å². The average Bonchev–Trinajstić information content (AvgIpc) is 3.85. The normalized spacial score (nSPS) is 12.0. The molecule has 1 aromatic carbocycles. The molecule has 0 amide bonds. The zero-order valence-corrected chi connectivity index (χ0v) is 29.5. The van der Waals surface area contributed by atoms with Crippen LogP contribution in [-0.4, -0.2) is 65.3 Å². The Morgan fingerprint density at radius 3 is 1.98 bits per heavy atom. The van der Waals surface area contributed by atoms with Gasteiger partial charge in [-0.05, 0) is 63.2 Å². The first-order valence-corrected chi connectivity index (χ1v) is 17.4. The van der Waals surface area contributed by atoms with Crippen LogP contribution in [0.4, 0.5) is 29.3 Å². The van der Waals surface area contributed by atoms with Crippen LogP contribution in [0.2, 0.25) is 0 Å². The Hall–Kier alpha value is -6.96. The minimum absolute atomic E-state index is 0.00437. The van der Waals surface area contributed by atoms with Crippen molar-refractivity contribution in [3.05, 3.63) is 98.2 Å². The van der Waals surface area contributed by atoms with E-state index in [1.54, 1.807) is 37.1 Å². The van der Waals surface area contributed by atoms with Gasteiger partial charge in [0.25, 0.3) is 0 Å². The van der Waals surface area contributed by atoms with Gasteiger partial charge in [-0.25, -0.2) is 24.7 Å². The highest BCUT2D eigenvalue weighted by Gasteiger charge is 2.49. The Bertz CT molecular complexity index is 2770. The molecule has 0 atom stereocenters. The number of nitrogens with zero attached hydrogens (tertiary/aromatic N) is 8. The summed E-state index contributed by atoms with van der Waals surface area (Å²) in [4.78, 5) is 36.7. The monoisotopic (exact) mass is 773 g/mol. The van der Waals surface area contributed by atoms with E-state index in [-0.39, 0.29) is 22.6 Å². The molecule has 7 heterocycles. The number of alkyl halides is 3. The van der Waals surface area contributed by atoms with Gasteiger partial charge < -0.3 is 23.1 Å². The number of carbonyl (C=O) groups is 1. The quantitative estimate of drug-likeness (QED) is 0.127. The maximum atomic E-state index is 12.6. The molecule has 0 saturated heterocycles. The van der Waals surface area contributed by atoms with E-state index in [9.17, 15) is 26.4 Å². The largest absolute Gasteiger partial charge is 0.534 e. The fourth-order valence-electron chi connectivity index (χ4n) is 5.07. The summed E-state index contributed by atoms with van der Waals surface area (Å²) in [5.74, 6) is -0.177. The van der Waals surface area contributed by atoms with Crippen molar-refractivity contribution in [2.24, 2.45) is 0 Å². The number of halogens is 3. The van der Waals surface area contributed by atoms with Gasteiger partial charge in [0.15, 0.2) is 34.3 Å². The summed E-state index contributed by atoms with van der Waals surface area (Å²) in [5, 5.41) is 9.24. The third-order valence-electron chi connectivity index (χ3n) is 7.36. The SMILES string of the molecule is CC(C)(C)OC(=O)n1ncc2ccc(Nc3c(-c4ncccn4)oc4cnccc34)cc21.O=S(=O)(Oc1c(-c2ncccn2)oc2cnccc12)C(F)(F)F. The summed E-state index contributed by atoms with van der Waals surface area (Å²) >= 11 is 0. The van der Waals surface area contributed by atoms with E-state index < -0.39 is 33.1 Å². The lowest BCUT2D eigenvalue weighted by atomic mass is 10.2. The zero-order chi connectivity index (χ0) is 39.0. The number of rotatable bonds is 6. The lowest BCUT2D eigenvalue weighted by Crippen LogP contribution is -2.28. The third kappa shape index (κ3) is 7.60. The highest BCUT2D eigenvalue weighted by atomic mass is 32.2.